The van der Waals surface area contributed by atoms with Gasteiger partial charge in [-0.05, 0) is 81.1 Å². The second-order valence-electron chi connectivity index (χ2n) is 12.4. The van der Waals surface area contributed by atoms with Gasteiger partial charge in [-0.25, -0.2) is 9.59 Å². The zero-order valence-corrected chi connectivity index (χ0v) is 32.5. The van der Waals surface area contributed by atoms with Gasteiger partial charge in [-0.1, -0.05) is 72.4 Å². The molecule has 0 fully saturated rings. The van der Waals surface area contributed by atoms with E-state index in [9.17, 15) is 28.8 Å². The number of aliphatic carboxylic acids is 1. The Labute approximate surface area is 309 Å². The second kappa shape index (κ2) is 21.8. The molecule has 14 nitrogen and oxygen atoms in total. The Hall–Kier alpha value is -4.18. The topological polar surface area (TPSA) is 204 Å². The first-order valence-electron chi connectivity index (χ1n) is 16.0. The van der Waals surface area contributed by atoms with Crippen LogP contribution in [-0.4, -0.2) is 71.7 Å². The van der Waals surface area contributed by atoms with E-state index in [2.05, 4.69) is 63.8 Å². The fourth-order valence-corrected chi connectivity index (χ4v) is 4.54. The summed E-state index contributed by atoms with van der Waals surface area (Å²) in [6, 6.07) is 11.5. The molecule has 0 aromatic heterocycles. The maximum absolute atomic E-state index is 12.5. The molecule has 2 rings (SSSR count). The molecule has 50 heavy (non-hydrogen) atoms. The third-order valence-corrected chi connectivity index (χ3v) is 8.07. The minimum Gasteiger partial charge on any atom is -0.480 e. The van der Waals surface area contributed by atoms with Crippen molar-refractivity contribution in [1.29, 1.82) is 0 Å². The maximum atomic E-state index is 12.5. The highest BCUT2D eigenvalue weighted by molar-refractivity contribution is 9.10. The highest BCUT2D eigenvalue weighted by Gasteiger charge is 2.28. The predicted octanol–water partition coefficient (Wildman–Crippen LogP) is 5.63. The predicted molar refractivity (Wildman–Crippen MR) is 199 cm³/mol. The Morgan fingerprint density at radius 3 is 1.36 bits per heavy atom. The molecular weight excluding hydrogens is 780 g/mol. The van der Waals surface area contributed by atoms with Crippen LogP contribution in [0.1, 0.15) is 61.3 Å². The van der Waals surface area contributed by atoms with Crippen molar-refractivity contribution in [3.05, 3.63) is 57.5 Å². The number of amides is 6. The van der Waals surface area contributed by atoms with Crippen molar-refractivity contribution >= 4 is 79.0 Å². The summed E-state index contributed by atoms with van der Waals surface area (Å²) >= 11 is 6.63. The molecule has 276 valence electrons. The molecular formula is C34H48Br2N6O8. The van der Waals surface area contributed by atoms with Crippen molar-refractivity contribution < 1.29 is 38.6 Å². The zero-order chi connectivity index (χ0) is 38.0. The first kappa shape index (κ1) is 43.8. The number of esters is 1. The largest absolute Gasteiger partial charge is 0.480 e. The van der Waals surface area contributed by atoms with Crippen LogP contribution in [0.25, 0.3) is 0 Å². The number of anilines is 2. The number of benzene rings is 2. The smallest absolute Gasteiger partial charge is 0.325 e. The van der Waals surface area contributed by atoms with Crippen LogP contribution in [0.15, 0.2) is 57.5 Å². The monoisotopic (exact) mass is 826 g/mol. The van der Waals surface area contributed by atoms with Gasteiger partial charge in [0.05, 0.1) is 0 Å². The number of hydrogen-bond donors (Lipinski definition) is 7. The Bertz CT molecular complexity index is 1430. The summed E-state index contributed by atoms with van der Waals surface area (Å²) in [7, 11) is 0. The number of rotatable bonds is 14. The Morgan fingerprint density at radius 1 is 0.680 bits per heavy atom. The van der Waals surface area contributed by atoms with E-state index in [1.165, 1.54) is 0 Å². The van der Waals surface area contributed by atoms with E-state index in [1.807, 2.05) is 27.7 Å². The fraction of sp³-hybridized carbons (Fsp3) is 0.471. The number of carboxylic acid groups (broad SMARTS) is 1. The molecule has 16 heteroatoms. The van der Waals surface area contributed by atoms with Gasteiger partial charge in [0.25, 0.3) is 0 Å². The summed E-state index contributed by atoms with van der Waals surface area (Å²) in [5.41, 5.74) is 0.563. The number of carbonyl (C=O) groups excluding carboxylic acids is 5. The van der Waals surface area contributed by atoms with E-state index in [0.29, 0.717) is 24.2 Å². The van der Waals surface area contributed by atoms with Gasteiger partial charge in [-0.3, -0.25) is 19.2 Å². The molecule has 0 heterocycles. The summed E-state index contributed by atoms with van der Waals surface area (Å²) < 4.78 is 6.95. The Morgan fingerprint density at radius 2 is 1.04 bits per heavy atom. The van der Waals surface area contributed by atoms with E-state index in [-0.39, 0.29) is 18.4 Å². The number of halogens is 2. The van der Waals surface area contributed by atoms with E-state index in [1.54, 1.807) is 69.3 Å². The van der Waals surface area contributed by atoms with E-state index in [4.69, 9.17) is 9.84 Å². The van der Waals surface area contributed by atoms with Crippen LogP contribution in [0.4, 0.5) is 21.0 Å². The molecule has 2 aromatic carbocycles. The van der Waals surface area contributed by atoms with Crippen LogP contribution >= 0.6 is 31.9 Å². The molecule has 0 spiro atoms. The van der Waals surface area contributed by atoms with Crippen LogP contribution in [-0.2, 0) is 23.9 Å². The van der Waals surface area contributed by atoms with Crippen molar-refractivity contribution in [3.63, 3.8) is 0 Å². The van der Waals surface area contributed by atoms with Gasteiger partial charge in [0.2, 0.25) is 11.8 Å². The Kier molecular flexibility index (Phi) is 19.1. The molecule has 0 aliphatic heterocycles. The van der Waals surface area contributed by atoms with Crippen molar-refractivity contribution in [3.8, 4) is 0 Å². The average Bonchev–Trinajstić information content (AvgIpc) is 3.04. The van der Waals surface area contributed by atoms with Gasteiger partial charge in [-0.2, -0.15) is 0 Å². The third kappa shape index (κ3) is 18.0. The number of carboxylic acids is 1. The molecule has 0 saturated carbocycles. The maximum Gasteiger partial charge on any atom is 0.325 e. The van der Waals surface area contributed by atoms with Crippen molar-refractivity contribution in [2.75, 3.05) is 23.7 Å². The normalized spacial score (nSPS) is 13.1. The molecule has 0 unspecified atom stereocenters. The molecule has 0 aliphatic carbocycles. The molecule has 0 aliphatic rings. The first-order valence-corrected chi connectivity index (χ1v) is 17.6. The lowest BCUT2D eigenvalue weighted by atomic mass is 9.98. The summed E-state index contributed by atoms with van der Waals surface area (Å²) in [6.07, 6.45) is 1.34. The van der Waals surface area contributed by atoms with Crippen LogP contribution in [0.5, 0.6) is 0 Å². The van der Waals surface area contributed by atoms with Gasteiger partial charge in [0, 0.05) is 20.3 Å². The van der Waals surface area contributed by atoms with Crippen LogP contribution in [0.2, 0.25) is 0 Å². The summed E-state index contributed by atoms with van der Waals surface area (Å²) in [5.74, 6) is -2.87. The number of carbonyl (C=O) groups is 6. The number of nitrogens with one attached hydrogen (secondary N) is 6. The zero-order valence-electron chi connectivity index (χ0n) is 29.3. The molecule has 7 N–H and O–H groups in total. The van der Waals surface area contributed by atoms with Crippen molar-refractivity contribution in [2.45, 2.75) is 79.0 Å². The third-order valence-electron chi connectivity index (χ3n) is 7.01. The number of urea groups is 2. The summed E-state index contributed by atoms with van der Waals surface area (Å²) in [6.45, 7) is 12.0. The molecule has 6 amide bonds. The lowest BCUT2D eigenvalue weighted by Crippen LogP contribution is -2.52. The molecule has 0 bridgehead atoms. The fourth-order valence-electron chi connectivity index (χ4n) is 4.01. The number of hydrogen-bond acceptors (Lipinski definition) is 7. The summed E-state index contributed by atoms with van der Waals surface area (Å²) in [4.78, 5) is 71.1. The van der Waals surface area contributed by atoms with Crippen molar-refractivity contribution in [1.82, 2.24) is 21.3 Å². The number of ether oxygens (including phenoxy) is 1. The minimum absolute atomic E-state index is 0.112. The SMILES string of the molecule is CC[C@@H](C)[C@@H](NC(=O)Nc1ccc(Br)cc1)C(=O)NCC(=O)O.CC[C@@H](C)[C@@H](NC(=O)Nc1ccc(Br)cc1)C(=O)NCC(=O)OC(C)(C)C. The van der Waals surface area contributed by atoms with Gasteiger partial charge in [0.15, 0.2) is 0 Å². The lowest BCUT2D eigenvalue weighted by Gasteiger charge is -2.24. The molecule has 0 radical (unpaired) electrons. The van der Waals surface area contributed by atoms with Gasteiger partial charge < -0.3 is 41.7 Å². The molecule has 0 saturated heterocycles. The first-order chi connectivity index (χ1) is 23.3. The highest BCUT2D eigenvalue weighted by Crippen LogP contribution is 2.16. The Balaban J connectivity index is 0.000000506. The average molecular weight is 829 g/mol. The second-order valence-corrected chi connectivity index (χ2v) is 14.2. The van der Waals surface area contributed by atoms with Crippen LogP contribution in [0, 0.1) is 11.8 Å². The van der Waals surface area contributed by atoms with Crippen LogP contribution in [0.3, 0.4) is 0 Å². The standard InChI is InChI=1S/C19H28BrN3O4.C15H20BrN3O4/c1-6-12(2)16(17(25)21-11-15(24)27-19(3,4)5)23-18(26)22-14-9-7-13(20)8-10-14;1-3-9(2)13(14(22)17-8-12(20)21)19-15(23)18-11-6-4-10(16)5-7-11/h7-10,12,16H,6,11H2,1-5H3,(H,21,25)(H2,22,23,26);4-7,9,13H,3,8H2,1-2H3,(H,17,22)(H,20,21)(H2,18,19,23)/t12-,16-;9-,13-/m11/s1. The van der Waals surface area contributed by atoms with Gasteiger partial charge >= 0.3 is 24.0 Å². The van der Waals surface area contributed by atoms with Gasteiger partial charge in [0.1, 0.15) is 30.8 Å². The van der Waals surface area contributed by atoms with Crippen LogP contribution < -0.4 is 31.9 Å². The van der Waals surface area contributed by atoms with Gasteiger partial charge in [-0.15, -0.1) is 0 Å². The van der Waals surface area contributed by atoms with E-state index >= 15 is 0 Å². The van der Waals surface area contributed by atoms with E-state index in [0.717, 1.165) is 8.95 Å². The molecule has 4 atom stereocenters. The van der Waals surface area contributed by atoms with Crippen molar-refractivity contribution in [2.24, 2.45) is 11.8 Å². The lowest BCUT2D eigenvalue weighted by molar-refractivity contribution is -0.154. The minimum atomic E-state index is -1.14. The molecule has 2 aromatic rings. The van der Waals surface area contributed by atoms with E-state index < -0.39 is 60.0 Å². The highest BCUT2D eigenvalue weighted by atomic mass is 79.9. The summed E-state index contributed by atoms with van der Waals surface area (Å²) in [5, 5.41) is 24.0. The quantitative estimate of drug-likeness (QED) is 0.119.